The molecule has 1 fully saturated rings. The number of likely N-dealkylation sites (N-methyl/N-ethyl adjacent to an activating group) is 1. The van der Waals surface area contributed by atoms with E-state index in [-0.39, 0.29) is 0 Å². The predicted molar refractivity (Wildman–Crippen MR) is 80.0 cm³/mol. The van der Waals surface area contributed by atoms with Crippen LogP contribution in [0.3, 0.4) is 0 Å². The van der Waals surface area contributed by atoms with E-state index in [1.807, 2.05) is 4.90 Å². The average molecular weight is 269 g/mol. The monoisotopic (exact) mass is 269 g/mol. The van der Waals surface area contributed by atoms with Crippen molar-refractivity contribution < 1.29 is 4.79 Å². The molecule has 4 heteroatoms. The summed E-state index contributed by atoms with van der Waals surface area (Å²) in [6, 6.07) is 0.313. The summed E-state index contributed by atoms with van der Waals surface area (Å²) in [5.74, 6) is 0.831. The van der Waals surface area contributed by atoms with Crippen molar-refractivity contribution in [2.24, 2.45) is 11.7 Å². The maximum atomic E-state index is 12.4. The van der Waals surface area contributed by atoms with E-state index in [1.54, 1.807) is 0 Å². The largest absolute Gasteiger partial charge is 0.341 e. The molecule has 1 saturated carbocycles. The third-order valence-electron chi connectivity index (χ3n) is 3.95. The number of nitrogens with two attached hydrogens (primary N) is 1. The van der Waals surface area contributed by atoms with Gasteiger partial charge in [-0.15, -0.1) is 0 Å². The first kappa shape index (κ1) is 16.4. The number of rotatable bonds is 7. The topological polar surface area (TPSA) is 49.6 Å². The van der Waals surface area contributed by atoms with Gasteiger partial charge in [0.2, 0.25) is 5.91 Å². The number of carbonyl (C=O) groups is 1. The van der Waals surface area contributed by atoms with Gasteiger partial charge in [0.15, 0.2) is 0 Å². The molecule has 2 N–H and O–H groups in total. The fourth-order valence-electron chi connectivity index (χ4n) is 2.85. The highest BCUT2D eigenvalue weighted by Gasteiger charge is 2.23. The molecule has 0 aromatic carbocycles. The lowest BCUT2D eigenvalue weighted by molar-refractivity contribution is -0.132. The molecule has 19 heavy (non-hydrogen) atoms. The minimum absolute atomic E-state index is 0.313. The summed E-state index contributed by atoms with van der Waals surface area (Å²) in [4.78, 5) is 16.5. The molecule has 0 bridgehead atoms. The smallest absolute Gasteiger partial charge is 0.222 e. The summed E-state index contributed by atoms with van der Waals surface area (Å²) in [6.45, 7) is 4.80. The number of hydrogen-bond acceptors (Lipinski definition) is 3. The van der Waals surface area contributed by atoms with Gasteiger partial charge in [0.1, 0.15) is 0 Å². The Morgan fingerprint density at radius 3 is 2.53 bits per heavy atom. The van der Waals surface area contributed by atoms with E-state index in [1.165, 1.54) is 12.8 Å². The van der Waals surface area contributed by atoms with Crippen molar-refractivity contribution in [2.45, 2.75) is 51.5 Å². The SMILES string of the molecule is CCCN(CCN(C)C)C(=O)CC1CCCC(N)C1. The molecule has 0 aromatic rings. The molecule has 0 aromatic heterocycles. The molecule has 1 rings (SSSR count). The molecular weight excluding hydrogens is 238 g/mol. The average Bonchev–Trinajstić information content (AvgIpc) is 2.34. The lowest BCUT2D eigenvalue weighted by Gasteiger charge is -2.29. The Labute approximate surface area is 118 Å². The minimum Gasteiger partial charge on any atom is -0.341 e. The van der Waals surface area contributed by atoms with E-state index < -0.39 is 0 Å². The molecule has 1 aliphatic carbocycles. The van der Waals surface area contributed by atoms with Crippen LogP contribution in [0.1, 0.15) is 45.4 Å². The van der Waals surface area contributed by atoms with Gasteiger partial charge in [-0.25, -0.2) is 0 Å². The molecule has 2 unspecified atom stereocenters. The molecule has 1 amide bonds. The normalized spacial score (nSPS) is 23.6. The summed E-state index contributed by atoms with van der Waals surface area (Å²) < 4.78 is 0. The fraction of sp³-hybridized carbons (Fsp3) is 0.933. The lowest BCUT2D eigenvalue weighted by Crippen LogP contribution is -2.39. The van der Waals surface area contributed by atoms with Gasteiger partial charge in [0.25, 0.3) is 0 Å². The first-order valence-corrected chi connectivity index (χ1v) is 7.71. The predicted octanol–water partition coefficient (Wildman–Crippen LogP) is 1.69. The Morgan fingerprint density at radius 1 is 1.21 bits per heavy atom. The molecule has 1 aliphatic rings. The Balaban J connectivity index is 2.41. The highest BCUT2D eigenvalue weighted by molar-refractivity contribution is 5.76. The van der Waals surface area contributed by atoms with Crippen LogP contribution in [0.15, 0.2) is 0 Å². The van der Waals surface area contributed by atoms with Crippen LogP contribution in [0.5, 0.6) is 0 Å². The quantitative estimate of drug-likeness (QED) is 0.765. The second kappa shape index (κ2) is 8.54. The maximum Gasteiger partial charge on any atom is 0.222 e. The zero-order valence-electron chi connectivity index (χ0n) is 12.9. The van der Waals surface area contributed by atoms with E-state index in [0.29, 0.717) is 24.3 Å². The van der Waals surface area contributed by atoms with Gasteiger partial charge in [-0.3, -0.25) is 4.79 Å². The van der Waals surface area contributed by atoms with E-state index in [2.05, 4.69) is 25.9 Å². The van der Waals surface area contributed by atoms with Crippen molar-refractivity contribution in [1.82, 2.24) is 9.80 Å². The highest BCUT2D eigenvalue weighted by atomic mass is 16.2. The van der Waals surface area contributed by atoms with Crippen LogP contribution in [0.4, 0.5) is 0 Å². The van der Waals surface area contributed by atoms with Crippen molar-refractivity contribution in [3.05, 3.63) is 0 Å². The van der Waals surface area contributed by atoms with E-state index in [0.717, 1.165) is 38.9 Å². The van der Waals surface area contributed by atoms with Gasteiger partial charge in [0.05, 0.1) is 0 Å². The molecule has 0 aliphatic heterocycles. The summed E-state index contributed by atoms with van der Waals surface area (Å²) in [5, 5.41) is 0. The molecule has 0 heterocycles. The maximum absolute atomic E-state index is 12.4. The molecule has 2 atom stereocenters. The molecule has 4 nitrogen and oxygen atoms in total. The molecule has 0 radical (unpaired) electrons. The fourth-order valence-corrected chi connectivity index (χ4v) is 2.85. The Bertz CT molecular complexity index is 268. The third kappa shape index (κ3) is 6.39. The number of carbonyl (C=O) groups excluding carboxylic acids is 1. The van der Waals surface area contributed by atoms with Crippen molar-refractivity contribution in [3.8, 4) is 0 Å². The van der Waals surface area contributed by atoms with Crippen molar-refractivity contribution >= 4 is 5.91 Å². The van der Waals surface area contributed by atoms with Crippen LogP contribution in [-0.4, -0.2) is 55.5 Å². The first-order chi connectivity index (χ1) is 9.02. The van der Waals surface area contributed by atoms with Gasteiger partial charge < -0.3 is 15.5 Å². The van der Waals surface area contributed by atoms with Crippen LogP contribution < -0.4 is 5.73 Å². The van der Waals surface area contributed by atoms with Crippen LogP contribution in [0, 0.1) is 5.92 Å². The van der Waals surface area contributed by atoms with Gasteiger partial charge in [-0.05, 0) is 45.7 Å². The summed E-state index contributed by atoms with van der Waals surface area (Å²) >= 11 is 0. The number of amides is 1. The van der Waals surface area contributed by atoms with E-state index in [9.17, 15) is 4.79 Å². The second-order valence-electron chi connectivity index (χ2n) is 6.18. The van der Waals surface area contributed by atoms with Crippen LogP contribution in [-0.2, 0) is 4.79 Å². The number of nitrogens with zero attached hydrogens (tertiary/aromatic N) is 2. The zero-order valence-corrected chi connectivity index (χ0v) is 12.9. The van der Waals surface area contributed by atoms with Gasteiger partial charge in [-0.2, -0.15) is 0 Å². The van der Waals surface area contributed by atoms with Gasteiger partial charge >= 0.3 is 0 Å². The zero-order chi connectivity index (χ0) is 14.3. The van der Waals surface area contributed by atoms with Crippen molar-refractivity contribution in [1.29, 1.82) is 0 Å². The Hall–Kier alpha value is -0.610. The lowest BCUT2D eigenvalue weighted by atomic mass is 9.84. The van der Waals surface area contributed by atoms with Crippen LogP contribution >= 0.6 is 0 Å². The van der Waals surface area contributed by atoms with Gasteiger partial charge in [0, 0.05) is 32.1 Å². The number of hydrogen-bond donors (Lipinski definition) is 1. The van der Waals surface area contributed by atoms with Crippen molar-refractivity contribution in [2.75, 3.05) is 33.7 Å². The molecule has 0 saturated heterocycles. The summed E-state index contributed by atoms with van der Waals surface area (Å²) in [6.07, 6.45) is 6.24. The highest BCUT2D eigenvalue weighted by Crippen LogP contribution is 2.26. The second-order valence-corrected chi connectivity index (χ2v) is 6.18. The Kier molecular flexibility index (Phi) is 7.39. The Morgan fingerprint density at radius 2 is 1.95 bits per heavy atom. The summed E-state index contributed by atoms with van der Waals surface area (Å²) in [5.41, 5.74) is 6.00. The summed E-state index contributed by atoms with van der Waals surface area (Å²) in [7, 11) is 4.10. The van der Waals surface area contributed by atoms with E-state index in [4.69, 9.17) is 5.73 Å². The third-order valence-corrected chi connectivity index (χ3v) is 3.95. The van der Waals surface area contributed by atoms with Gasteiger partial charge in [-0.1, -0.05) is 13.3 Å². The van der Waals surface area contributed by atoms with Crippen LogP contribution in [0.25, 0.3) is 0 Å². The van der Waals surface area contributed by atoms with Crippen molar-refractivity contribution in [3.63, 3.8) is 0 Å². The van der Waals surface area contributed by atoms with E-state index >= 15 is 0 Å². The molecule has 112 valence electrons. The minimum atomic E-state index is 0.313. The molecule has 0 spiro atoms. The molecular formula is C15H31N3O. The van der Waals surface area contributed by atoms with Crippen LogP contribution in [0.2, 0.25) is 0 Å². The first-order valence-electron chi connectivity index (χ1n) is 7.71. The standard InChI is InChI=1S/C15H31N3O/c1-4-8-18(10-9-17(2)3)15(19)12-13-6-5-7-14(16)11-13/h13-14H,4-12,16H2,1-3H3.